The number of nitrogens with zero attached hydrogens (tertiary/aromatic N) is 3. The van der Waals surface area contributed by atoms with Crippen LogP contribution in [0.15, 0.2) is 4.42 Å². The molecular formula is C13H22N4O3. The number of aryl methyl sites for hydroxylation is 1. The number of aromatic nitrogens is 2. The van der Waals surface area contributed by atoms with Crippen LogP contribution in [-0.4, -0.2) is 53.9 Å². The van der Waals surface area contributed by atoms with E-state index in [9.17, 15) is 4.79 Å². The lowest BCUT2D eigenvalue weighted by molar-refractivity contribution is -0.135. The first-order valence-electron chi connectivity index (χ1n) is 6.93. The predicted molar refractivity (Wildman–Crippen MR) is 72.0 cm³/mol. The van der Waals surface area contributed by atoms with Gasteiger partial charge in [0.05, 0.1) is 13.2 Å². The van der Waals surface area contributed by atoms with E-state index in [0.29, 0.717) is 31.4 Å². The van der Waals surface area contributed by atoms with Gasteiger partial charge in [0.15, 0.2) is 0 Å². The van der Waals surface area contributed by atoms with Crippen molar-refractivity contribution in [3.63, 3.8) is 0 Å². The number of hydrogen-bond donors (Lipinski definition) is 1. The van der Waals surface area contributed by atoms with Crippen molar-refractivity contribution in [3.8, 4) is 0 Å². The number of carbonyl (C=O) groups excluding carboxylic acids is 1. The molecule has 1 aliphatic heterocycles. The molecule has 0 radical (unpaired) electrons. The van der Waals surface area contributed by atoms with Crippen LogP contribution in [0, 0.1) is 0 Å². The average Bonchev–Trinajstić information content (AvgIpc) is 3.07. The topological polar surface area (TPSA) is 80.5 Å². The van der Waals surface area contributed by atoms with E-state index in [-0.39, 0.29) is 5.91 Å². The van der Waals surface area contributed by atoms with Crippen LogP contribution in [0.5, 0.6) is 0 Å². The van der Waals surface area contributed by atoms with Crippen molar-refractivity contribution >= 4 is 5.91 Å². The van der Waals surface area contributed by atoms with Gasteiger partial charge in [-0.25, -0.2) is 0 Å². The summed E-state index contributed by atoms with van der Waals surface area (Å²) in [6.45, 7) is 3.62. The molecule has 1 amide bonds. The maximum absolute atomic E-state index is 12.3. The van der Waals surface area contributed by atoms with Crippen LogP contribution in [0.2, 0.25) is 0 Å². The molecule has 0 spiro atoms. The number of rotatable bonds is 6. The van der Waals surface area contributed by atoms with E-state index < -0.39 is 5.54 Å². The molecule has 0 saturated carbocycles. The van der Waals surface area contributed by atoms with Gasteiger partial charge in [0, 0.05) is 20.6 Å². The van der Waals surface area contributed by atoms with E-state index in [1.165, 1.54) is 0 Å². The fourth-order valence-corrected chi connectivity index (χ4v) is 2.78. The predicted octanol–water partition coefficient (Wildman–Crippen LogP) is 0.359. The van der Waals surface area contributed by atoms with E-state index in [0.717, 1.165) is 19.4 Å². The number of hydrogen-bond acceptors (Lipinski definition) is 6. The highest BCUT2D eigenvalue weighted by Gasteiger charge is 2.47. The summed E-state index contributed by atoms with van der Waals surface area (Å²) in [5, 5.41) is 10.7. The zero-order valence-corrected chi connectivity index (χ0v) is 12.3. The van der Waals surface area contributed by atoms with Gasteiger partial charge in [-0.1, -0.05) is 6.92 Å². The summed E-state index contributed by atoms with van der Waals surface area (Å²) in [7, 11) is 3.27. The fourth-order valence-electron chi connectivity index (χ4n) is 2.78. The molecule has 112 valence electrons. The highest BCUT2D eigenvalue weighted by molar-refractivity contribution is 5.86. The first-order chi connectivity index (χ1) is 9.66. The van der Waals surface area contributed by atoms with Crippen LogP contribution < -0.4 is 5.32 Å². The Hall–Kier alpha value is -1.47. The van der Waals surface area contributed by atoms with Crippen molar-refractivity contribution in [1.29, 1.82) is 0 Å². The van der Waals surface area contributed by atoms with Crippen molar-refractivity contribution in [2.24, 2.45) is 0 Å². The quantitative estimate of drug-likeness (QED) is 0.811. The van der Waals surface area contributed by atoms with Crippen molar-refractivity contribution in [3.05, 3.63) is 11.8 Å². The summed E-state index contributed by atoms with van der Waals surface area (Å²) in [4.78, 5) is 14.4. The Morgan fingerprint density at radius 3 is 2.85 bits per heavy atom. The Morgan fingerprint density at radius 1 is 1.50 bits per heavy atom. The molecule has 1 saturated heterocycles. The van der Waals surface area contributed by atoms with Crippen LogP contribution in [0.1, 0.15) is 31.5 Å². The van der Waals surface area contributed by atoms with E-state index in [1.807, 2.05) is 6.92 Å². The van der Waals surface area contributed by atoms with Crippen LogP contribution in [-0.2, 0) is 22.5 Å². The molecule has 1 aromatic heterocycles. The maximum atomic E-state index is 12.3. The molecule has 2 heterocycles. The Morgan fingerprint density at radius 2 is 2.25 bits per heavy atom. The minimum Gasteiger partial charge on any atom is -0.424 e. The summed E-state index contributed by atoms with van der Waals surface area (Å²) in [6.07, 6.45) is 2.44. The number of likely N-dealkylation sites (tertiary alicyclic amines) is 1. The highest BCUT2D eigenvalue weighted by atomic mass is 16.5. The van der Waals surface area contributed by atoms with Crippen LogP contribution in [0.4, 0.5) is 0 Å². The molecule has 1 atom stereocenters. The zero-order chi connectivity index (χ0) is 14.6. The Balaban J connectivity index is 2.17. The molecule has 0 bridgehead atoms. The summed E-state index contributed by atoms with van der Waals surface area (Å²) in [5.74, 6) is 1.15. The van der Waals surface area contributed by atoms with Gasteiger partial charge in [-0.15, -0.1) is 10.2 Å². The third-order valence-corrected chi connectivity index (χ3v) is 3.79. The molecule has 1 aromatic rings. The molecule has 1 unspecified atom stereocenters. The Kier molecular flexibility index (Phi) is 4.72. The van der Waals surface area contributed by atoms with E-state index in [2.05, 4.69) is 20.4 Å². The number of likely N-dealkylation sites (N-methyl/N-ethyl adjacent to an activating group) is 1. The number of methoxy groups -OCH3 is 1. The third-order valence-electron chi connectivity index (χ3n) is 3.79. The largest absolute Gasteiger partial charge is 0.424 e. The van der Waals surface area contributed by atoms with Gasteiger partial charge in [0.25, 0.3) is 0 Å². The number of amides is 1. The van der Waals surface area contributed by atoms with Crippen molar-refractivity contribution in [1.82, 2.24) is 20.4 Å². The molecule has 7 heteroatoms. The first kappa shape index (κ1) is 14.9. The summed E-state index contributed by atoms with van der Waals surface area (Å²) in [6, 6.07) is 0. The lowest BCUT2D eigenvalue weighted by Gasteiger charge is -2.35. The molecule has 7 nitrogen and oxygen atoms in total. The molecule has 2 rings (SSSR count). The van der Waals surface area contributed by atoms with Crippen molar-refractivity contribution in [2.45, 2.75) is 38.3 Å². The summed E-state index contributed by atoms with van der Waals surface area (Å²) >= 11 is 0. The van der Waals surface area contributed by atoms with Crippen molar-refractivity contribution in [2.75, 3.05) is 27.3 Å². The molecular weight excluding hydrogens is 260 g/mol. The summed E-state index contributed by atoms with van der Waals surface area (Å²) in [5.41, 5.74) is -0.635. The second kappa shape index (κ2) is 6.32. The smallest absolute Gasteiger partial charge is 0.242 e. The average molecular weight is 282 g/mol. The van der Waals surface area contributed by atoms with E-state index in [4.69, 9.17) is 9.15 Å². The number of ether oxygens (including phenoxy) is 1. The number of carbonyl (C=O) groups is 1. The standard InChI is InChI=1S/C13H22N4O3/c1-4-10-15-16-11(20-10)8-17-7-5-6-13(17,9-19-3)12(18)14-2/h4-9H2,1-3H3,(H,14,18). The Bertz CT molecular complexity index is 462. The van der Waals surface area contributed by atoms with Gasteiger partial charge in [-0.2, -0.15) is 0 Å². The van der Waals surface area contributed by atoms with Gasteiger partial charge in [-0.05, 0) is 19.4 Å². The number of nitrogens with one attached hydrogen (secondary N) is 1. The maximum Gasteiger partial charge on any atom is 0.242 e. The minimum absolute atomic E-state index is 0.0212. The molecule has 1 N–H and O–H groups in total. The second-order valence-electron chi connectivity index (χ2n) is 5.01. The van der Waals surface area contributed by atoms with Gasteiger partial charge >= 0.3 is 0 Å². The lowest BCUT2D eigenvalue weighted by Crippen LogP contribution is -2.57. The molecule has 1 aliphatic rings. The zero-order valence-electron chi connectivity index (χ0n) is 12.3. The SMILES string of the molecule is CCc1nnc(CN2CCCC2(COC)C(=O)NC)o1. The first-order valence-corrected chi connectivity index (χ1v) is 6.93. The minimum atomic E-state index is -0.635. The monoisotopic (exact) mass is 282 g/mol. The van der Waals surface area contributed by atoms with Gasteiger partial charge in [0.1, 0.15) is 5.54 Å². The molecule has 20 heavy (non-hydrogen) atoms. The van der Waals surface area contributed by atoms with E-state index >= 15 is 0 Å². The molecule has 1 fully saturated rings. The van der Waals surface area contributed by atoms with Crippen molar-refractivity contribution < 1.29 is 13.9 Å². The van der Waals surface area contributed by atoms with Crippen LogP contribution in [0.3, 0.4) is 0 Å². The fraction of sp³-hybridized carbons (Fsp3) is 0.769. The van der Waals surface area contributed by atoms with Crippen LogP contribution in [0.25, 0.3) is 0 Å². The second-order valence-corrected chi connectivity index (χ2v) is 5.01. The van der Waals surface area contributed by atoms with Gasteiger partial charge in [0.2, 0.25) is 17.7 Å². The van der Waals surface area contributed by atoms with Gasteiger partial charge in [-0.3, -0.25) is 9.69 Å². The lowest BCUT2D eigenvalue weighted by atomic mass is 9.96. The normalized spacial score (nSPS) is 23.1. The molecule has 0 aromatic carbocycles. The van der Waals surface area contributed by atoms with E-state index in [1.54, 1.807) is 14.2 Å². The van der Waals surface area contributed by atoms with Gasteiger partial charge < -0.3 is 14.5 Å². The summed E-state index contributed by atoms with van der Waals surface area (Å²) < 4.78 is 10.8. The third kappa shape index (κ3) is 2.69. The highest BCUT2D eigenvalue weighted by Crippen LogP contribution is 2.31. The van der Waals surface area contributed by atoms with Crippen LogP contribution >= 0.6 is 0 Å². The Labute approximate surface area is 118 Å². The molecule has 0 aliphatic carbocycles.